The molecule has 0 heterocycles. The molecule has 0 aromatic heterocycles. The second kappa shape index (κ2) is 5.12. The molecule has 1 amide bonds. The quantitative estimate of drug-likeness (QED) is 0.871. The number of nitrogens with two attached hydrogens (primary N) is 1. The predicted molar refractivity (Wildman–Crippen MR) is 67.6 cm³/mol. The molecule has 1 saturated carbocycles. The molecule has 4 nitrogen and oxygen atoms in total. The van der Waals surface area contributed by atoms with E-state index in [4.69, 9.17) is 33.7 Å². The summed E-state index contributed by atoms with van der Waals surface area (Å²) in [7, 11) is 0. The summed E-state index contributed by atoms with van der Waals surface area (Å²) in [6.07, 6.45) is 0.780. The number of rotatable bonds is 2. The molecule has 1 fully saturated rings. The van der Waals surface area contributed by atoms with Crippen molar-refractivity contribution < 1.29 is 9.53 Å². The number of halogens is 2. The molecule has 1 aromatic rings. The number of carbonyl (C=O) groups is 1. The highest BCUT2D eigenvalue weighted by Crippen LogP contribution is 2.26. The molecule has 92 valence electrons. The van der Waals surface area contributed by atoms with Crippen LogP contribution in [0.15, 0.2) is 18.2 Å². The second-order valence-electron chi connectivity index (χ2n) is 4.01. The lowest BCUT2D eigenvalue weighted by atomic mass is 9.90. The summed E-state index contributed by atoms with van der Waals surface area (Å²) < 4.78 is 5.12. The van der Waals surface area contributed by atoms with Crippen LogP contribution in [0.25, 0.3) is 0 Å². The zero-order valence-electron chi connectivity index (χ0n) is 8.95. The smallest absolute Gasteiger partial charge is 0.411 e. The fourth-order valence-electron chi connectivity index (χ4n) is 1.59. The predicted octanol–water partition coefficient (Wildman–Crippen LogP) is 3.03. The zero-order valence-corrected chi connectivity index (χ0v) is 10.5. The van der Waals surface area contributed by atoms with Gasteiger partial charge in [-0.05, 0) is 31.0 Å². The van der Waals surface area contributed by atoms with Crippen molar-refractivity contribution in [3.63, 3.8) is 0 Å². The SMILES string of the molecule is NC1CC(OC(=O)Nc2cc(Cl)ccc2Cl)C1. The largest absolute Gasteiger partial charge is 0.446 e. The molecule has 1 aliphatic carbocycles. The molecule has 0 saturated heterocycles. The van der Waals surface area contributed by atoms with Crippen LogP contribution in [-0.2, 0) is 4.74 Å². The first-order valence-corrected chi connectivity index (χ1v) is 5.98. The van der Waals surface area contributed by atoms with Crippen LogP contribution < -0.4 is 11.1 Å². The number of nitrogens with one attached hydrogen (secondary N) is 1. The third-order valence-electron chi connectivity index (χ3n) is 2.57. The van der Waals surface area contributed by atoms with E-state index in [9.17, 15) is 4.79 Å². The summed E-state index contributed by atoms with van der Waals surface area (Å²) in [4.78, 5) is 11.5. The lowest BCUT2D eigenvalue weighted by Gasteiger charge is -2.31. The van der Waals surface area contributed by atoms with Gasteiger partial charge in [-0.1, -0.05) is 23.2 Å². The van der Waals surface area contributed by atoms with E-state index in [-0.39, 0.29) is 12.1 Å². The van der Waals surface area contributed by atoms with Crippen LogP contribution in [0.5, 0.6) is 0 Å². The average molecular weight is 275 g/mol. The Morgan fingerprint density at radius 3 is 2.76 bits per heavy atom. The maximum atomic E-state index is 11.5. The number of ether oxygens (including phenoxy) is 1. The van der Waals surface area contributed by atoms with Gasteiger partial charge in [0.05, 0.1) is 10.7 Å². The summed E-state index contributed by atoms with van der Waals surface area (Å²) >= 11 is 11.7. The van der Waals surface area contributed by atoms with E-state index in [2.05, 4.69) is 5.32 Å². The average Bonchev–Trinajstić information content (AvgIpc) is 2.21. The van der Waals surface area contributed by atoms with Crippen LogP contribution in [0.2, 0.25) is 10.0 Å². The first-order chi connectivity index (χ1) is 8.04. The van der Waals surface area contributed by atoms with Crippen LogP contribution in [0.1, 0.15) is 12.8 Å². The Hall–Kier alpha value is -0.970. The lowest BCUT2D eigenvalue weighted by Crippen LogP contribution is -2.43. The van der Waals surface area contributed by atoms with Gasteiger partial charge >= 0.3 is 6.09 Å². The minimum atomic E-state index is -0.536. The fourth-order valence-corrected chi connectivity index (χ4v) is 1.92. The number of hydrogen-bond acceptors (Lipinski definition) is 3. The summed E-state index contributed by atoms with van der Waals surface area (Å²) in [5, 5.41) is 3.46. The van der Waals surface area contributed by atoms with E-state index in [0.717, 1.165) is 0 Å². The molecule has 17 heavy (non-hydrogen) atoms. The summed E-state index contributed by atoms with van der Waals surface area (Å²) in [5.41, 5.74) is 6.03. The summed E-state index contributed by atoms with van der Waals surface area (Å²) in [5.74, 6) is 0. The molecule has 0 spiro atoms. The highest BCUT2D eigenvalue weighted by atomic mass is 35.5. The molecular weight excluding hydrogens is 263 g/mol. The third-order valence-corrected chi connectivity index (χ3v) is 3.13. The molecule has 0 aliphatic heterocycles. The van der Waals surface area contributed by atoms with Gasteiger partial charge in [0.1, 0.15) is 6.10 Å². The Morgan fingerprint density at radius 1 is 1.41 bits per heavy atom. The van der Waals surface area contributed by atoms with Crippen LogP contribution in [0.4, 0.5) is 10.5 Å². The van der Waals surface area contributed by atoms with Crippen molar-refractivity contribution in [1.82, 2.24) is 0 Å². The van der Waals surface area contributed by atoms with E-state index in [1.807, 2.05) is 0 Å². The molecule has 0 bridgehead atoms. The molecule has 2 rings (SSSR count). The Labute approximate surface area is 109 Å². The van der Waals surface area contributed by atoms with Crippen LogP contribution >= 0.6 is 23.2 Å². The third kappa shape index (κ3) is 3.25. The van der Waals surface area contributed by atoms with Gasteiger partial charge in [0, 0.05) is 11.1 Å². The maximum Gasteiger partial charge on any atom is 0.411 e. The highest BCUT2D eigenvalue weighted by Gasteiger charge is 2.29. The Morgan fingerprint density at radius 2 is 2.12 bits per heavy atom. The number of benzene rings is 1. The maximum absolute atomic E-state index is 11.5. The fraction of sp³-hybridized carbons (Fsp3) is 0.364. The van der Waals surface area contributed by atoms with Gasteiger partial charge < -0.3 is 10.5 Å². The molecule has 1 aromatic carbocycles. The van der Waals surface area contributed by atoms with Crippen LogP contribution in [0, 0.1) is 0 Å². The monoisotopic (exact) mass is 274 g/mol. The van der Waals surface area contributed by atoms with Crippen molar-refractivity contribution >= 4 is 35.0 Å². The number of anilines is 1. The van der Waals surface area contributed by atoms with Gasteiger partial charge in [0.15, 0.2) is 0 Å². The van der Waals surface area contributed by atoms with E-state index in [0.29, 0.717) is 28.6 Å². The van der Waals surface area contributed by atoms with Crippen molar-refractivity contribution in [2.75, 3.05) is 5.32 Å². The standard InChI is InChI=1S/C11H12Cl2N2O2/c12-6-1-2-9(13)10(3-6)15-11(16)17-8-4-7(14)5-8/h1-3,7-8H,4-5,14H2,(H,15,16). The van der Waals surface area contributed by atoms with Gasteiger partial charge in [-0.2, -0.15) is 0 Å². The van der Waals surface area contributed by atoms with E-state index in [1.165, 1.54) is 0 Å². The van der Waals surface area contributed by atoms with E-state index < -0.39 is 6.09 Å². The molecule has 6 heteroatoms. The normalized spacial score (nSPS) is 22.8. The van der Waals surface area contributed by atoms with Crippen molar-refractivity contribution in [3.8, 4) is 0 Å². The molecular formula is C11H12Cl2N2O2. The van der Waals surface area contributed by atoms with Gasteiger partial charge in [-0.25, -0.2) is 4.79 Å². The molecule has 1 aliphatic rings. The first kappa shape index (κ1) is 12.5. The Balaban J connectivity index is 1.91. The second-order valence-corrected chi connectivity index (χ2v) is 4.85. The summed E-state index contributed by atoms with van der Waals surface area (Å²) in [6.45, 7) is 0. The molecule has 0 radical (unpaired) electrons. The van der Waals surface area contributed by atoms with Crippen molar-refractivity contribution in [3.05, 3.63) is 28.2 Å². The van der Waals surface area contributed by atoms with Gasteiger partial charge in [0.25, 0.3) is 0 Å². The minimum Gasteiger partial charge on any atom is -0.446 e. The number of amides is 1. The lowest BCUT2D eigenvalue weighted by molar-refractivity contribution is 0.0503. The van der Waals surface area contributed by atoms with E-state index in [1.54, 1.807) is 18.2 Å². The summed E-state index contributed by atoms with van der Waals surface area (Å²) in [6, 6.07) is 4.96. The highest BCUT2D eigenvalue weighted by molar-refractivity contribution is 6.35. The van der Waals surface area contributed by atoms with Crippen molar-refractivity contribution in [2.45, 2.75) is 25.0 Å². The molecule has 0 atom stereocenters. The number of hydrogen-bond donors (Lipinski definition) is 2. The molecule has 3 N–H and O–H groups in total. The van der Waals surface area contributed by atoms with Gasteiger partial charge in [-0.3, -0.25) is 5.32 Å². The molecule has 0 unspecified atom stereocenters. The van der Waals surface area contributed by atoms with Crippen LogP contribution in [-0.4, -0.2) is 18.2 Å². The number of carbonyl (C=O) groups excluding carboxylic acids is 1. The van der Waals surface area contributed by atoms with E-state index >= 15 is 0 Å². The topological polar surface area (TPSA) is 64.3 Å². The zero-order chi connectivity index (χ0) is 12.4. The van der Waals surface area contributed by atoms with Gasteiger partial charge in [0.2, 0.25) is 0 Å². The van der Waals surface area contributed by atoms with Crippen LogP contribution in [0.3, 0.4) is 0 Å². The Kier molecular flexibility index (Phi) is 3.76. The minimum absolute atomic E-state index is 0.0945. The van der Waals surface area contributed by atoms with Crippen molar-refractivity contribution in [2.24, 2.45) is 5.73 Å². The van der Waals surface area contributed by atoms with Crippen molar-refractivity contribution in [1.29, 1.82) is 0 Å². The van der Waals surface area contributed by atoms with Gasteiger partial charge in [-0.15, -0.1) is 0 Å². The Bertz CT molecular complexity index is 433. The first-order valence-electron chi connectivity index (χ1n) is 5.23.